The van der Waals surface area contributed by atoms with Crippen molar-refractivity contribution in [2.24, 2.45) is 0 Å². The van der Waals surface area contributed by atoms with Crippen LogP contribution in [0.4, 0.5) is 0 Å². The number of nitrogens with zero attached hydrogens (tertiary/aromatic N) is 1. The topological polar surface area (TPSA) is 68.5 Å². The lowest BCUT2D eigenvalue weighted by Gasteiger charge is -2.13. The maximum absolute atomic E-state index is 12.1. The molecule has 2 rings (SSSR count). The first-order chi connectivity index (χ1) is 12.4. The number of rotatable bonds is 6. The highest BCUT2D eigenvalue weighted by Gasteiger charge is 2.13. The molecule has 0 bridgehead atoms. The van der Waals surface area contributed by atoms with Crippen LogP contribution >= 0.6 is 15.9 Å². The number of methoxy groups -OCH3 is 1. The summed E-state index contributed by atoms with van der Waals surface area (Å²) in [5.74, 6) is 0.813. The first-order valence-electron chi connectivity index (χ1n) is 7.79. The standard InChI is InChI=1S/C20H18BrNO4/c1-13-9-16(21)10-14(2)20(13)25-12-19(23)26-17-7-6-15(5-4-8-22)11-18(17)24-3/h4-7,9-11H,12H2,1-3H3/b5-4-. The number of allylic oxidation sites excluding steroid dienone is 1. The van der Waals surface area contributed by atoms with Gasteiger partial charge in [-0.2, -0.15) is 5.26 Å². The van der Waals surface area contributed by atoms with Crippen LogP contribution in [-0.2, 0) is 4.79 Å². The van der Waals surface area contributed by atoms with E-state index < -0.39 is 5.97 Å². The molecule has 0 heterocycles. The SMILES string of the molecule is COc1cc(/C=C\C#N)ccc1OC(=O)COc1c(C)cc(Br)cc1C. The summed E-state index contributed by atoms with van der Waals surface area (Å²) in [6, 6.07) is 10.8. The van der Waals surface area contributed by atoms with Crippen molar-refractivity contribution in [3.63, 3.8) is 0 Å². The number of hydrogen-bond acceptors (Lipinski definition) is 5. The van der Waals surface area contributed by atoms with Crippen molar-refractivity contribution in [1.82, 2.24) is 0 Å². The lowest BCUT2D eigenvalue weighted by atomic mass is 10.1. The normalized spacial score (nSPS) is 10.4. The molecule has 6 heteroatoms. The molecule has 0 unspecified atom stereocenters. The Morgan fingerprint density at radius 3 is 2.50 bits per heavy atom. The summed E-state index contributed by atoms with van der Waals surface area (Å²) >= 11 is 3.43. The van der Waals surface area contributed by atoms with E-state index in [9.17, 15) is 4.79 Å². The molecule has 134 valence electrons. The minimum Gasteiger partial charge on any atom is -0.493 e. The third-order valence-electron chi connectivity index (χ3n) is 3.52. The van der Waals surface area contributed by atoms with Crippen LogP contribution in [-0.4, -0.2) is 19.7 Å². The first-order valence-corrected chi connectivity index (χ1v) is 8.58. The molecule has 0 radical (unpaired) electrons. The molecule has 0 atom stereocenters. The Morgan fingerprint density at radius 1 is 1.19 bits per heavy atom. The molecule has 0 saturated heterocycles. The van der Waals surface area contributed by atoms with Crippen LogP contribution in [0.2, 0.25) is 0 Å². The maximum atomic E-state index is 12.1. The zero-order valence-electron chi connectivity index (χ0n) is 14.7. The molecule has 0 N–H and O–H groups in total. The van der Waals surface area contributed by atoms with E-state index in [0.29, 0.717) is 17.2 Å². The van der Waals surface area contributed by atoms with E-state index in [0.717, 1.165) is 21.2 Å². The molecule has 0 spiro atoms. The predicted octanol–water partition coefficient (Wildman–Crippen LogP) is 4.60. The third-order valence-corrected chi connectivity index (χ3v) is 3.98. The Kier molecular flexibility index (Phi) is 6.81. The second-order valence-corrected chi connectivity index (χ2v) is 6.42. The molecule has 0 aromatic heterocycles. The monoisotopic (exact) mass is 415 g/mol. The van der Waals surface area contributed by atoms with Crippen molar-refractivity contribution in [1.29, 1.82) is 5.26 Å². The van der Waals surface area contributed by atoms with Gasteiger partial charge in [0.2, 0.25) is 0 Å². The van der Waals surface area contributed by atoms with Gasteiger partial charge in [0.05, 0.1) is 13.2 Å². The summed E-state index contributed by atoms with van der Waals surface area (Å²) in [6.07, 6.45) is 2.99. The Hall–Kier alpha value is -2.78. The number of carbonyl (C=O) groups excluding carboxylic acids is 1. The molecular formula is C20H18BrNO4. The number of hydrogen-bond donors (Lipinski definition) is 0. The van der Waals surface area contributed by atoms with E-state index in [4.69, 9.17) is 19.5 Å². The minimum atomic E-state index is -0.537. The van der Waals surface area contributed by atoms with Crippen LogP contribution < -0.4 is 14.2 Å². The van der Waals surface area contributed by atoms with Crippen LogP contribution in [0.15, 0.2) is 40.9 Å². The smallest absolute Gasteiger partial charge is 0.349 e. The summed E-state index contributed by atoms with van der Waals surface area (Å²) in [6.45, 7) is 3.60. The average Bonchev–Trinajstić information content (AvgIpc) is 2.59. The number of benzene rings is 2. The molecule has 0 aliphatic rings. The summed E-state index contributed by atoms with van der Waals surface area (Å²) in [4.78, 5) is 12.1. The molecule has 0 amide bonds. The Balaban J connectivity index is 2.06. The van der Waals surface area contributed by atoms with Gasteiger partial charge in [0, 0.05) is 10.5 Å². The fourth-order valence-corrected chi connectivity index (χ4v) is 3.10. The van der Waals surface area contributed by atoms with Crippen molar-refractivity contribution in [3.8, 4) is 23.3 Å². The van der Waals surface area contributed by atoms with Crippen molar-refractivity contribution in [2.45, 2.75) is 13.8 Å². The van der Waals surface area contributed by atoms with Gasteiger partial charge < -0.3 is 14.2 Å². The van der Waals surface area contributed by atoms with Gasteiger partial charge in [0.15, 0.2) is 18.1 Å². The molecule has 0 fully saturated rings. The fraction of sp³-hybridized carbons (Fsp3) is 0.200. The number of esters is 1. The maximum Gasteiger partial charge on any atom is 0.349 e. The molecule has 5 nitrogen and oxygen atoms in total. The van der Waals surface area contributed by atoms with Crippen molar-refractivity contribution >= 4 is 28.0 Å². The molecule has 0 saturated carbocycles. The van der Waals surface area contributed by atoms with Crippen LogP contribution in [0.1, 0.15) is 16.7 Å². The van der Waals surface area contributed by atoms with Crippen LogP contribution in [0.3, 0.4) is 0 Å². The highest BCUT2D eigenvalue weighted by atomic mass is 79.9. The molecular weight excluding hydrogens is 398 g/mol. The molecule has 0 aliphatic heterocycles. The molecule has 2 aromatic rings. The largest absolute Gasteiger partial charge is 0.493 e. The first kappa shape index (κ1) is 19.5. The van der Waals surface area contributed by atoms with E-state index in [1.165, 1.54) is 13.2 Å². The Morgan fingerprint density at radius 2 is 1.88 bits per heavy atom. The lowest BCUT2D eigenvalue weighted by molar-refractivity contribution is -0.136. The van der Waals surface area contributed by atoms with Crippen LogP contribution in [0.25, 0.3) is 6.08 Å². The van der Waals surface area contributed by atoms with Gasteiger partial charge in [-0.15, -0.1) is 0 Å². The molecule has 0 aliphatic carbocycles. The summed E-state index contributed by atoms with van der Waals surface area (Å²) < 4.78 is 17.2. The van der Waals surface area contributed by atoms with Gasteiger partial charge in [0.1, 0.15) is 5.75 Å². The highest BCUT2D eigenvalue weighted by Crippen LogP contribution is 2.30. The van der Waals surface area contributed by atoms with Gasteiger partial charge in [-0.1, -0.05) is 22.0 Å². The average molecular weight is 416 g/mol. The third kappa shape index (κ3) is 5.11. The Bertz CT molecular complexity index is 861. The van der Waals surface area contributed by atoms with E-state index in [-0.39, 0.29) is 6.61 Å². The zero-order chi connectivity index (χ0) is 19.1. The van der Waals surface area contributed by atoms with Crippen molar-refractivity contribution < 1.29 is 19.0 Å². The number of carbonyl (C=O) groups is 1. The van der Waals surface area contributed by atoms with Gasteiger partial charge in [-0.3, -0.25) is 0 Å². The highest BCUT2D eigenvalue weighted by molar-refractivity contribution is 9.10. The van der Waals surface area contributed by atoms with Gasteiger partial charge in [-0.05, 0) is 60.9 Å². The van der Waals surface area contributed by atoms with Crippen molar-refractivity contribution in [3.05, 3.63) is 57.6 Å². The van der Waals surface area contributed by atoms with E-state index in [2.05, 4.69) is 15.9 Å². The van der Waals surface area contributed by atoms with Gasteiger partial charge in [0.25, 0.3) is 0 Å². The van der Waals surface area contributed by atoms with E-state index in [1.54, 1.807) is 24.3 Å². The molecule has 26 heavy (non-hydrogen) atoms. The van der Waals surface area contributed by atoms with E-state index >= 15 is 0 Å². The van der Waals surface area contributed by atoms with Gasteiger partial charge in [-0.25, -0.2) is 4.79 Å². The number of aryl methyl sites for hydroxylation is 2. The summed E-state index contributed by atoms with van der Waals surface area (Å²) in [5, 5.41) is 8.58. The lowest BCUT2D eigenvalue weighted by Crippen LogP contribution is -2.18. The Labute approximate surface area is 160 Å². The predicted molar refractivity (Wildman–Crippen MR) is 102 cm³/mol. The minimum absolute atomic E-state index is 0.220. The van der Waals surface area contributed by atoms with Gasteiger partial charge >= 0.3 is 5.97 Å². The van der Waals surface area contributed by atoms with Crippen molar-refractivity contribution in [2.75, 3.05) is 13.7 Å². The second kappa shape index (κ2) is 9.07. The summed E-state index contributed by atoms with van der Waals surface area (Å²) in [7, 11) is 1.48. The summed E-state index contributed by atoms with van der Waals surface area (Å²) in [5.41, 5.74) is 2.62. The zero-order valence-corrected chi connectivity index (χ0v) is 16.3. The number of ether oxygens (including phenoxy) is 3. The number of nitriles is 1. The quantitative estimate of drug-likeness (QED) is 0.391. The fourth-order valence-electron chi connectivity index (χ4n) is 2.41. The second-order valence-electron chi connectivity index (χ2n) is 5.50. The molecule has 2 aromatic carbocycles. The number of halogens is 1. The van der Waals surface area contributed by atoms with Crippen LogP contribution in [0, 0.1) is 25.2 Å². The van der Waals surface area contributed by atoms with E-state index in [1.807, 2.05) is 32.0 Å². The van der Waals surface area contributed by atoms with Crippen LogP contribution in [0.5, 0.6) is 17.2 Å².